The molecule has 2 aliphatic heterocycles. The number of imide groups is 1. The molecule has 2 amide bonds. The smallest absolute Gasteiger partial charge is 0.293 e. The topological polar surface area (TPSA) is 83.8 Å². The van der Waals surface area contributed by atoms with Gasteiger partial charge in [0.05, 0.1) is 22.1 Å². The second-order valence-electron chi connectivity index (χ2n) is 7.55. The number of aryl methyl sites for hydroxylation is 1. The van der Waals surface area contributed by atoms with E-state index < -0.39 is 16.1 Å². The maximum absolute atomic E-state index is 14.7. The Morgan fingerprint density at radius 3 is 2.48 bits per heavy atom. The summed E-state index contributed by atoms with van der Waals surface area (Å²) in [5.41, 5.74) is 2.49. The third kappa shape index (κ3) is 4.32. The first-order valence-corrected chi connectivity index (χ1v) is 10.7. The van der Waals surface area contributed by atoms with E-state index in [2.05, 4.69) is 0 Å². The molecule has 31 heavy (non-hydrogen) atoms. The minimum absolute atomic E-state index is 0.0151. The number of nitro groups is 1. The van der Waals surface area contributed by atoms with E-state index in [0.29, 0.717) is 16.8 Å². The number of anilines is 1. The number of hydrogen-bond donors (Lipinski definition) is 0. The van der Waals surface area contributed by atoms with E-state index >= 15 is 0 Å². The average molecular weight is 441 g/mol. The minimum atomic E-state index is -0.511. The van der Waals surface area contributed by atoms with Crippen LogP contribution in [0.2, 0.25) is 0 Å². The van der Waals surface area contributed by atoms with Gasteiger partial charge in [-0.15, -0.1) is 0 Å². The van der Waals surface area contributed by atoms with E-state index in [1.165, 1.54) is 30.3 Å². The molecule has 2 fully saturated rings. The molecule has 2 aromatic carbocycles. The van der Waals surface area contributed by atoms with Gasteiger partial charge in [-0.25, -0.2) is 4.39 Å². The maximum Gasteiger partial charge on any atom is 0.293 e. The lowest BCUT2D eigenvalue weighted by Gasteiger charge is -2.19. The SMILES string of the molecule is Cc1cc(N2CCCC2)c(F)cc1C=C1SC(=O)N(Cc2ccc([N+](=O)[O-])cc2)C1=O. The fourth-order valence-corrected chi connectivity index (χ4v) is 4.55. The van der Waals surface area contributed by atoms with Crippen molar-refractivity contribution in [2.45, 2.75) is 26.3 Å². The van der Waals surface area contributed by atoms with Crippen molar-refractivity contribution in [2.75, 3.05) is 18.0 Å². The highest BCUT2D eigenvalue weighted by Gasteiger charge is 2.35. The van der Waals surface area contributed by atoms with Gasteiger partial charge in [0.2, 0.25) is 0 Å². The Labute approximate surface area is 182 Å². The molecule has 0 aromatic heterocycles. The zero-order chi connectivity index (χ0) is 22.1. The van der Waals surface area contributed by atoms with Gasteiger partial charge in [0.1, 0.15) is 5.82 Å². The predicted molar refractivity (Wildman–Crippen MR) is 117 cm³/mol. The van der Waals surface area contributed by atoms with Crippen molar-refractivity contribution in [3.63, 3.8) is 0 Å². The summed E-state index contributed by atoms with van der Waals surface area (Å²) in [6.07, 6.45) is 3.64. The van der Waals surface area contributed by atoms with Crippen LogP contribution in [-0.2, 0) is 11.3 Å². The maximum atomic E-state index is 14.7. The summed E-state index contributed by atoms with van der Waals surface area (Å²) < 4.78 is 14.7. The minimum Gasteiger partial charge on any atom is -0.369 e. The van der Waals surface area contributed by atoms with E-state index in [1.54, 1.807) is 12.1 Å². The van der Waals surface area contributed by atoms with Crippen LogP contribution in [0.3, 0.4) is 0 Å². The van der Waals surface area contributed by atoms with Gasteiger partial charge in [-0.3, -0.25) is 24.6 Å². The molecule has 0 unspecified atom stereocenters. The molecule has 2 heterocycles. The molecule has 160 valence electrons. The van der Waals surface area contributed by atoms with Gasteiger partial charge < -0.3 is 4.90 Å². The van der Waals surface area contributed by atoms with Gasteiger partial charge in [0.15, 0.2) is 0 Å². The average Bonchev–Trinajstić information content (AvgIpc) is 3.35. The van der Waals surface area contributed by atoms with E-state index in [9.17, 15) is 24.1 Å². The number of thioether (sulfide) groups is 1. The second kappa shape index (κ2) is 8.50. The van der Waals surface area contributed by atoms with Gasteiger partial charge in [-0.2, -0.15) is 0 Å². The number of non-ortho nitro benzene ring substituents is 1. The lowest BCUT2D eigenvalue weighted by atomic mass is 10.1. The summed E-state index contributed by atoms with van der Waals surface area (Å²) >= 11 is 0.805. The van der Waals surface area contributed by atoms with Crippen LogP contribution in [0.5, 0.6) is 0 Å². The van der Waals surface area contributed by atoms with E-state index in [1.807, 2.05) is 11.8 Å². The first-order valence-electron chi connectivity index (χ1n) is 9.87. The first-order chi connectivity index (χ1) is 14.8. The number of amides is 2. The van der Waals surface area contributed by atoms with E-state index in [-0.39, 0.29) is 23.0 Å². The molecule has 7 nitrogen and oxygen atoms in total. The van der Waals surface area contributed by atoms with E-state index in [0.717, 1.165) is 48.2 Å². The molecule has 0 saturated carbocycles. The summed E-state index contributed by atoms with van der Waals surface area (Å²) in [7, 11) is 0. The van der Waals surface area contributed by atoms with Crippen LogP contribution in [0.1, 0.15) is 29.5 Å². The molecular weight excluding hydrogens is 421 g/mol. The zero-order valence-electron chi connectivity index (χ0n) is 16.8. The van der Waals surface area contributed by atoms with Gasteiger partial charge >= 0.3 is 0 Å². The third-order valence-corrected chi connectivity index (χ3v) is 6.34. The Kier molecular flexibility index (Phi) is 5.77. The Balaban J connectivity index is 1.54. The standard InChI is InChI=1S/C22H20FN3O4S/c1-14-10-19(24-8-2-3-9-24)18(23)11-16(14)12-20-21(27)25(22(28)31-20)13-15-4-6-17(7-5-15)26(29)30/h4-7,10-12H,2-3,8-9,13H2,1H3. The molecule has 0 bridgehead atoms. The highest BCUT2D eigenvalue weighted by Crippen LogP contribution is 2.35. The quantitative estimate of drug-likeness (QED) is 0.374. The summed E-state index contributed by atoms with van der Waals surface area (Å²) in [5.74, 6) is -0.805. The monoisotopic (exact) mass is 441 g/mol. The highest BCUT2D eigenvalue weighted by molar-refractivity contribution is 8.18. The first kappa shape index (κ1) is 21.0. The van der Waals surface area contributed by atoms with Crippen molar-refractivity contribution in [3.05, 3.63) is 73.9 Å². The Morgan fingerprint density at radius 1 is 1.16 bits per heavy atom. The van der Waals surface area contributed by atoms with Crippen molar-refractivity contribution in [3.8, 4) is 0 Å². The summed E-state index contributed by atoms with van der Waals surface area (Å²) in [4.78, 5) is 38.8. The summed E-state index contributed by atoms with van der Waals surface area (Å²) in [5, 5.41) is 10.3. The fraction of sp³-hybridized carbons (Fsp3) is 0.273. The lowest BCUT2D eigenvalue weighted by molar-refractivity contribution is -0.384. The zero-order valence-corrected chi connectivity index (χ0v) is 17.7. The molecule has 0 aliphatic carbocycles. The largest absolute Gasteiger partial charge is 0.369 e. The number of nitrogens with zero attached hydrogens (tertiary/aromatic N) is 3. The van der Waals surface area contributed by atoms with Crippen molar-refractivity contribution >= 4 is 40.4 Å². The highest BCUT2D eigenvalue weighted by atomic mass is 32.2. The Morgan fingerprint density at radius 2 is 1.84 bits per heavy atom. The van der Waals surface area contributed by atoms with Crippen molar-refractivity contribution in [1.82, 2.24) is 4.90 Å². The molecule has 9 heteroatoms. The van der Waals surface area contributed by atoms with Crippen molar-refractivity contribution < 1.29 is 18.9 Å². The number of rotatable bonds is 5. The van der Waals surface area contributed by atoms with Gasteiger partial charge in [0, 0.05) is 25.2 Å². The molecule has 2 aliphatic rings. The summed E-state index contributed by atoms with van der Waals surface area (Å²) in [6.45, 7) is 3.53. The molecular formula is C22H20FN3O4S. The van der Waals surface area contributed by atoms with Crippen LogP contribution < -0.4 is 4.90 Å². The Hall–Kier alpha value is -3.20. The van der Waals surface area contributed by atoms with Crippen LogP contribution in [-0.4, -0.2) is 34.1 Å². The van der Waals surface area contributed by atoms with Crippen LogP contribution >= 0.6 is 11.8 Å². The number of carbonyl (C=O) groups excluding carboxylic acids is 2. The predicted octanol–water partition coefficient (Wildman–Crippen LogP) is 4.88. The second-order valence-corrected chi connectivity index (χ2v) is 8.54. The lowest BCUT2D eigenvalue weighted by Crippen LogP contribution is -2.27. The number of hydrogen-bond acceptors (Lipinski definition) is 6. The number of halogens is 1. The van der Waals surface area contributed by atoms with Crippen LogP contribution in [0, 0.1) is 22.9 Å². The third-order valence-electron chi connectivity index (χ3n) is 5.43. The molecule has 0 N–H and O–H groups in total. The van der Waals surface area contributed by atoms with Crippen LogP contribution in [0.15, 0.2) is 41.3 Å². The number of carbonyl (C=O) groups is 2. The van der Waals surface area contributed by atoms with Crippen LogP contribution in [0.4, 0.5) is 20.6 Å². The molecule has 2 aromatic rings. The van der Waals surface area contributed by atoms with Crippen molar-refractivity contribution in [1.29, 1.82) is 0 Å². The molecule has 0 spiro atoms. The number of benzene rings is 2. The summed E-state index contributed by atoms with van der Waals surface area (Å²) in [6, 6.07) is 8.89. The number of nitro benzene ring substituents is 1. The fourth-order valence-electron chi connectivity index (χ4n) is 3.72. The molecule has 2 saturated heterocycles. The Bertz CT molecular complexity index is 1090. The molecule has 0 atom stereocenters. The van der Waals surface area contributed by atoms with Gasteiger partial charge in [-0.05, 0) is 66.4 Å². The van der Waals surface area contributed by atoms with Gasteiger partial charge in [0.25, 0.3) is 16.8 Å². The molecule has 4 rings (SSSR count). The van der Waals surface area contributed by atoms with Gasteiger partial charge in [-0.1, -0.05) is 12.1 Å². The van der Waals surface area contributed by atoms with Crippen molar-refractivity contribution in [2.24, 2.45) is 0 Å². The molecule has 0 radical (unpaired) electrons. The van der Waals surface area contributed by atoms with Crippen LogP contribution in [0.25, 0.3) is 6.08 Å². The van der Waals surface area contributed by atoms with E-state index in [4.69, 9.17) is 0 Å². The normalized spacial score (nSPS) is 17.8.